The fraction of sp³-hybridized carbons (Fsp3) is 0.167. The monoisotopic (exact) mass is 538 g/mol. The first-order valence-electron chi connectivity index (χ1n) is 10.5. The second-order valence-electron chi connectivity index (χ2n) is 8.01. The Morgan fingerprint density at radius 3 is 2.16 bits per heavy atom. The van der Waals surface area contributed by atoms with Crippen LogP contribution in [0.3, 0.4) is 0 Å². The van der Waals surface area contributed by atoms with E-state index in [-0.39, 0.29) is 27.9 Å². The highest BCUT2D eigenvalue weighted by atomic mass is 32.2. The Balaban J connectivity index is 1.91. The maximum atomic E-state index is 13.4. The standard InChI is InChI=1S/C24H16F6N4O2S/c1-14(23(25,26)27)33-37(35,36)18-9-7-15(8-10-18)21-20(12-31)19-11-16(24(28,29)30)13-32-22(19)34(21)17-5-3-2-4-6-17/h2-11,13-14,33H,1H3. The molecule has 0 amide bonds. The molecule has 0 aliphatic carbocycles. The summed E-state index contributed by atoms with van der Waals surface area (Å²) in [6, 6.07) is 13.3. The molecule has 2 aromatic heterocycles. The average molecular weight is 538 g/mol. The van der Waals surface area contributed by atoms with Crippen molar-refractivity contribution >= 4 is 21.1 Å². The number of aromatic nitrogens is 2. The van der Waals surface area contributed by atoms with Gasteiger partial charge in [0.25, 0.3) is 0 Å². The molecule has 13 heteroatoms. The van der Waals surface area contributed by atoms with Crippen LogP contribution in [-0.4, -0.2) is 30.2 Å². The van der Waals surface area contributed by atoms with Gasteiger partial charge in [-0.2, -0.15) is 36.3 Å². The van der Waals surface area contributed by atoms with Gasteiger partial charge in [0.05, 0.1) is 21.7 Å². The number of para-hydroxylation sites is 1. The maximum absolute atomic E-state index is 13.4. The zero-order valence-corrected chi connectivity index (χ0v) is 19.6. The molecule has 0 radical (unpaired) electrons. The van der Waals surface area contributed by atoms with Crippen LogP contribution >= 0.6 is 0 Å². The molecule has 2 heterocycles. The molecule has 4 aromatic rings. The van der Waals surface area contributed by atoms with Crippen LogP contribution in [0.2, 0.25) is 0 Å². The highest BCUT2D eigenvalue weighted by Crippen LogP contribution is 2.38. The predicted molar refractivity (Wildman–Crippen MR) is 122 cm³/mol. The largest absolute Gasteiger partial charge is 0.417 e. The van der Waals surface area contributed by atoms with Gasteiger partial charge in [0.2, 0.25) is 10.0 Å². The Labute approximate surface area is 206 Å². The minimum atomic E-state index is -4.80. The van der Waals surface area contributed by atoms with Gasteiger partial charge in [-0.25, -0.2) is 13.4 Å². The molecular weight excluding hydrogens is 522 g/mol. The molecule has 37 heavy (non-hydrogen) atoms. The van der Waals surface area contributed by atoms with E-state index >= 15 is 0 Å². The SMILES string of the molecule is CC(NS(=O)(=O)c1ccc(-c2c(C#N)c3cc(C(F)(F)F)cnc3n2-c2ccccc2)cc1)C(F)(F)F. The highest BCUT2D eigenvalue weighted by molar-refractivity contribution is 7.89. The second-order valence-corrected chi connectivity index (χ2v) is 9.72. The maximum Gasteiger partial charge on any atom is 0.417 e. The van der Waals surface area contributed by atoms with E-state index < -0.39 is 38.9 Å². The van der Waals surface area contributed by atoms with Crippen LogP contribution in [0.4, 0.5) is 26.3 Å². The van der Waals surface area contributed by atoms with Gasteiger partial charge in [-0.1, -0.05) is 30.3 Å². The molecule has 0 saturated heterocycles. The van der Waals surface area contributed by atoms with Crippen LogP contribution in [-0.2, 0) is 16.2 Å². The van der Waals surface area contributed by atoms with Crippen molar-refractivity contribution in [1.29, 1.82) is 5.26 Å². The minimum Gasteiger partial charge on any atom is -0.293 e. The van der Waals surface area contributed by atoms with Crippen molar-refractivity contribution in [2.75, 3.05) is 0 Å². The average Bonchev–Trinajstić information content (AvgIpc) is 3.17. The van der Waals surface area contributed by atoms with Crippen LogP contribution in [0.1, 0.15) is 18.1 Å². The third kappa shape index (κ3) is 5.03. The Hall–Kier alpha value is -3.89. The zero-order chi connectivity index (χ0) is 27.2. The lowest BCUT2D eigenvalue weighted by molar-refractivity contribution is -0.147. The molecule has 1 atom stereocenters. The first kappa shape index (κ1) is 26.2. The van der Waals surface area contributed by atoms with Gasteiger partial charge < -0.3 is 0 Å². The molecule has 6 nitrogen and oxygen atoms in total. The van der Waals surface area contributed by atoms with Gasteiger partial charge in [-0.15, -0.1) is 0 Å². The van der Waals surface area contributed by atoms with E-state index in [1.165, 1.54) is 16.7 Å². The summed E-state index contributed by atoms with van der Waals surface area (Å²) in [6.45, 7) is 0.658. The number of nitrogens with zero attached hydrogens (tertiary/aromatic N) is 3. The quantitative estimate of drug-likeness (QED) is 0.325. The molecule has 0 fully saturated rings. The Morgan fingerprint density at radius 1 is 1.00 bits per heavy atom. The number of sulfonamides is 1. The predicted octanol–water partition coefficient (Wildman–Crippen LogP) is 5.81. The minimum absolute atomic E-state index is 0.0584. The summed E-state index contributed by atoms with van der Waals surface area (Å²) in [5, 5.41) is 9.83. The number of halogens is 6. The Morgan fingerprint density at radius 2 is 1.62 bits per heavy atom. The number of fused-ring (bicyclic) bond motifs is 1. The van der Waals surface area contributed by atoms with E-state index in [1.54, 1.807) is 35.1 Å². The van der Waals surface area contributed by atoms with Crippen LogP contribution < -0.4 is 4.72 Å². The molecule has 4 rings (SSSR count). The third-order valence-corrected chi connectivity index (χ3v) is 7.08. The van der Waals surface area contributed by atoms with Crippen LogP contribution in [0.5, 0.6) is 0 Å². The first-order valence-corrected chi connectivity index (χ1v) is 12.0. The number of nitriles is 1. The van der Waals surface area contributed by atoms with E-state index in [2.05, 4.69) is 4.98 Å². The molecule has 2 aromatic carbocycles. The first-order chi connectivity index (χ1) is 17.2. The highest BCUT2D eigenvalue weighted by Gasteiger charge is 2.39. The number of hydrogen-bond donors (Lipinski definition) is 1. The second kappa shape index (κ2) is 9.20. The third-order valence-electron chi connectivity index (χ3n) is 5.52. The van der Waals surface area contributed by atoms with Gasteiger partial charge in [0, 0.05) is 22.8 Å². The topological polar surface area (TPSA) is 87.8 Å². The summed E-state index contributed by atoms with van der Waals surface area (Å²) in [5.41, 5.74) is -0.306. The van der Waals surface area contributed by atoms with Gasteiger partial charge in [0.1, 0.15) is 17.8 Å². The summed E-state index contributed by atoms with van der Waals surface area (Å²) in [5.74, 6) is 0. The van der Waals surface area contributed by atoms with Crippen molar-refractivity contribution in [2.24, 2.45) is 0 Å². The summed E-state index contributed by atoms with van der Waals surface area (Å²) in [4.78, 5) is 3.50. The van der Waals surface area contributed by atoms with Gasteiger partial charge >= 0.3 is 12.4 Å². The number of rotatable bonds is 5. The van der Waals surface area contributed by atoms with Crippen molar-refractivity contribution in [3.05, 3.63) is 78.0 Å². The van der Waals surface area contributed by atoms with Crippen molar-refractivity contribution in [3.63, 3.8) is 0 Å². The number of alkyl halides is 6. The van der Waals surface area contributed by atoms with Crippen LogP contribution in [0.15, 0.2) is 71.8 Å². The Bertz CT molecular complexity index is 1600. The molecule has 0 aliphatic rings. The number of hydrogen-bond acceptors (Lipinski definition) is 4. The normalized spacial score (nSPS) is 13.5. The van der Waals surface area contributed by atoms with Crippen molar-refractivity contribution < 1.29 is 34.8 Å². The summed E-state index contributed by atoms with van der Waals surface area (Å²) in [6.07, 6.45) is -8.86. The fourth-order valence-corrected chi connectivity index (χ4v) is 4.92. The molecule has 0 bridgehead atoms. The number of pyridine rings is 1. The smallest absolute Gasteiger partial charge is 0.293 e. The number of benzene rings is 2. The lowest BCUT2D eigenvalue weighted by Crippen LogP contribution is -2.42. The molecule has 0 spiro atoms. The molecule has 0 aliphatic heterocycles. The van der Waals surface area contributed by atoms with Crippen molar-refractivity contribution in [3.8, 4) is 23.0 Å². The molecular formula is C24H16F6N4O2S. The summed E-state index contributed by atoms with van der Waals surface area (Å²) < 4.78 is 106. The molecule has 1 unspecified atom stereocenters. The summed E-state index contributed by atoms with van der Waals surface area (Å²) >= 11 is 0. The van der Waals surface area contributed by atoms with Crippen LogP contribution in [0, 0.1) is 11.3 Å². The van der Waals surface area contributed by atoms with Crippen LogP contribution in [0.25, 0.3) is 28.0 Å². The van der Waals surface area contributed by atoms with E-state index in [4.69, 9.17) is 0 Å². The Kier molecular flexibility index (Phi) is 6.51. The van der Waals surface area contributed by atoms with Crippen molar-refractivity contribution in [2.45, 2.75) is 30.2 Å². The van der Waals surface area contributed by atoms with E-state index in [9.17, 15) is 40.0 Å². The van der Waals surface area contributed by atoms with E-state index in [1.807, 2.05) is 6.07 Å². The lowest BCUT2D eigenvalue weighted by Gasteiger charge is -2.17. The van der Waals surface area contributed by atoms with Gasteiger partial charge in [0.15, 0.2) is 0 Å². The van der Waals surface area contributed by atoms with Gasteiger partial charge in [-0.05, 0) is 37.3 Å². The van der Waals surface area contributed by atoms with Gasteiger partial charge in [-0.3, -0.25) is 4.57 Å². The fourth-order valence-electron chi connectivity index (χ4n) is 3.69. The summed E-state index contributed by atoms with van der Waals surface area (Å²) in [7, 11) is -4.55. The molecule has 1 N–H and O–H groups in total. The van der Waals surface area contributed by atoms with E-state index in [0.717, 1.165) is 18.2 Å². The van der Waals surface area contributed by atoms with E-state index in [0.29, 0.717) is 18.8 Å². The molecule has 0 saturated carbocycles. The number of nitrogens with one attached hydrogen (secondary N) is 1. The lowest BCUT2D eigenvalue weighted by atomic mass is 10.1. The molecule has 192 valence electrons. The van der Waals surface area contributed by atoms with Crippen molar-refractivity contribution in [1.82, 2.24) is 14.3 Å². The zero-order valence-electron chi connectivity index (χ0n) is 18.8.